The summed E-state index contributed by atoms with van der Waals surface area (Å²) in [4.78, 5) is 36.1. The van der Waals surface area contributed by atoms with Crippen molar-refractivity contribution in [2.45, 2.75) is 46.3 Å². The number of hydrogen-bond donors (Lipinski definition) is 2. The molecular weight excluding hydrogens is 308 g/mol. The predicted molar refractivity (Wildman–Crippen MR) is 91.8 cm³/mol. The molecule has 24 heavy (non-hydrogen) atoms. The van der Waals surface area contributed by atoms with E-state index in [2.05, 4.69) is 10.6 Å². The predicted octanol–water partition coefficient (Wildman–Crippen LogP) is 2.53. The molecule has 0 aliphatic rings. The number of carbonyl (C=O) groups excluding carboxylic acids is 3. The van der Waals surface area contributed by atoms with Crippen molar-refractivity contribution in [3.63, 3.8) is 0 Å². The second kappa shape index (κ2) is 8.47. The zero-order chi connectivity index (χ0) is 18.3. The molecule has 132 valence electrons. The molecule has 2 N–H and O–H groups in total. The van der Waals surface area contributed by atoms with Gasteiger partial charge >= 0.3 is 6.09 Å². The molecule has 1 aromatic rings. The van der Waals surface area contributed by atoms with Crippen LogP contribution >= 0.6 is 0 Å². The van der Waals surface area contributed by atoms with Gasteiger partial charge in [-0.25, -0.2) is 4.79 Å². The molecule has 0 bridgehead atoms. The molecule has 6 heteroatoms. The molecule has 0 aromatic heterocycles. The highest BCUT2D eigenvalue weighted by Crippen LogP contribution is 2.10. The molecule has 1 rings (SSSR count). The fourth-order valence-electron chi connectivity index (χ4n) is 2.01. The second-order valence-corrected chi connectivity index (χ2v) is 6.87. The van der Waals surface area contributed by atoms with Crippen LogP contribution in [0.15, 0.2) is 30.3 Å². The lowest BCUT2D eigenvalue weighted by atomic mass is 9.95. The SMILES string of the molecule is CC(C)C(NC(=O)CNC(=O)OC(C)(C)C)C(=O)c1ccccc1. The van der Waals surface area contributed by atoms with Crippen molar-refractivity contribution in [2.24, 2.45) is 5.92 Å². The molecule has 0 saturated heterocycles. The lowest BCUT2D eigenvalue weighted by Crippen LogP contribution is -2.48. The van der Waals surface area contributed by atoms with Crippen LogP contribution in [0.4, 0.5) is 4.79 Å². The van der Waals surface area contributed by atoms with Crippen molar-refractivity contribution in [3.05, 3.63) is 35.9 Å². The van der Waals surface area contributed by atoms with Gasteiger partial charge in [-0.1, -0.05) is 44.2 Å². The lowest BCUT2D eigenvalue weighted by Gasteiger charge is -2.22. The number of rotatable bonds is 6. The normalized spacial score (nSPS) is 12.4. The number of ketones is 1. The lowest BCUT2D eigenvalue weighted by molar-refractivity contribution is -0.121. The van der Waals surface area contributed by atoms with E-state index in [-0.39, 0.29) is 18.2 Å². The molecule has 0 aliphatic heterocycles. The Labute approximate surface area is 143 Å². The standard InChI is InChI=1S/C18H26N2O4/c1-12(2)15(16(22)13-9-7-6-8-10-13)20-14(21)11-19-17(23)24-18(3,4)5/h6-10,12,15H,11H2,1-5H3,(H,19,23)(H,20,21). The third-order valence-corrected chi connectivity index (χ3v) is 3.12. The number of hydrogen-bond acceptors (Lipinski definition) is 4. The van der Waals surface area contributed by atoms with Gasteiger partial charge in [-0.3, -0.25) is 9.59 Å². The van der Waals surface area contributed by atoms with Crippen LogP contribution < -0.4 is 10.6 Å². The number of benzene rings is 1. The Balaban J connectivity index is 2.61. The molecule has 0 radical (unpaired) electrons. The Morgan fingerprint density at radius 2 is 1.67 bits per heavy atom. The maximum atomic E-state index is 12.5. The fraction of sp³-hybridized carbons (Fsp3) is 0.500. The van der Waals surface area contributed by atoms with Crippen molar-refractivity contribution < 1.29 is 19.1 Å². The van der Waals surface area contributed by atoms with Crippen molar-refractivity contribution in [3.8, 4) is 0 Å². The molecule has 0 heterocycles. The molecule has 2 amide bonds. The van der Waals surface area contributed by atoms with E-state index in [9.17, 15) is 14.4 Å². The number of ether oxygens (including phenoxy) is 1. The van der Waals surface area contributed by atoms with E-state index in [0.717, 1.165) is 0 Å². The first-order valence-electron chi connectivity index (χ1n) is 7.95. The maximum Gasteiger partial charge on any atom is 0.408 e. The summed E-state index contributed by atoms with van der Waals surface area (Å²) in [6, 6.07) is 8.14. The van der Waals surface area contributed by atoms with Gasteiger partial charge in [-0.05, 0) is 26.7 Å². The molecule has 0 spiro atoms. The summed E-state index contributed by atoms with van der Waals surface area (Å²) in [6.07, 6.45) is -0.673. The van der Waals surface area contributed by atoms with E-state index in [1.165, 1.54) is 0 Å². The Bertz CT molecular complexity index is 576. The molecular formula is C18H26N2O4. The van der Waals surface area contributed by atoms with Gasteiger partial charge in [0.2, 0.25) is 5.91 Å². The number of alkyl carbamates (subject to hydrolysis) is 1. The summed E-state index contributed by atoms with van der Waals surface area (Å²) in [6.45, 7) is 8.67. The first-order valence-corrected chi connectivity index (χ1v) is 7.95. The van der Waals surface area contributed by atoms with Crippen LogP contribution in [0, 0.1) is 5.92 Å². The molecule has 1 aromatic carbocycles. The summed E-state index contributed by atoms with van der Waals surface area (Å²) < 4.78 is 5.06. The average molecular weight is 334 g/mol. The van der Waals surface area contributed by atoms with E-state index in [1.807, 2.05) is 19.9 Å². The topological polar surface area (TPSA) is 84.5 Å². The Hall–Kier alpha value is -2.37. The van der Waals surface area contributed by atoms with Crippen LogP contribution in [0.1, 0.15) is 45.0 Å². The third-order valence-electron chi connectivity index (χ3n) is 3.12. The van der Waals surface area contributed by atoms with Gasteiger partial charge < -0.3 is 15.4 Å². The highest BCUT2D eigenvalue weighted by Gasteiger charge is 2.25. The Morgan fingerprint density at radius 1 is 1.08 bits per heavy atom. The fourth-order valence-corrected chi connectivity index (χ4v) is 2.01. The molecule has 0 fully saturated rings. The monoisotopic (exact) mass is 334 g/mol. The molecule has 1 unspecified atom stereocenters. The highest BCUT2D eigenvalue weighted by atomic mass is 16.6. The largest absolute Gasteiger partial charge is 0.444 e. The van der Waals surface area contributed by atoms with Crippen molar-refractivity contribution in [2.75, 3.05) is 6.54 Å². The van der Waals surface area contributed by atoms with Gasteiger partial charge in [0.05, 0.1) is 6.04 Å². The minimum absolute atomic E-state index is 0.0804. The molecule has 0 saturated carbocycles. The van der Waals surface area contributed by atoms with E-state index in [0.29, 0.717) is 5.56 Å². The number of carbonyl (C=O) groups is 3. The summed E-state index contributed by atoms with van der Waals surface area (Å²) in [5, 5.41) is 5.05. The third kappa shape index (κ3) is 6.81. The molecule has 6 nitrogen and oxygen atoms in total. The minimum Gasteiger partial charge on any atom is -0.444 e. The zero-order valence-corrected chi connectivity index (χ0v) is 14.9. The van der Waals surface area contributed by atoms with E-state index in [4.69, 9.17) is 4.74 Å². The van der Waals surface area contributed by atoms with Gasteiger partial charge in [0.1, 0.15) is 12.1 Å². The van der Waals surface area contributed by atoms with Crippen molar-refractivity contribution >= 4 is 17.8 Å². The molecule has 0 aliphatic carbocycles. The van der Waals surface area contributed by atoms with Gasteiger partial charge in [-0.2, -0.15) is 0 Å². The minimum atomic E-state index is -0.673. The van der Waals surface area contributed by atoms with Gasteiger partial charge in [0.15, 0.2) is 5.78 Å². The quantitative estimate of drug-likeness (QED) is 0.783. The first-order chi connectivity index (χ1) is 11.1. The smallest absolute Gasteiger partial charge is 0.408 e. The highest BCUT2D eigenvalue weighted by molar-refractivity contribution is 6.02. The maximum absolute atomic E-state index is 12.5. The number of Topliss-reactive ketones (excluding diaryl/α,β-unsaturated/α-hetero) is 1. The van der Waals surface area contributed by atoms with Gasteiger partial charge in [0.25, 0.3) is 0 Å². The van der Waals surface area contributed by atoms with Crippen LogP contribution in [-0.2, 0) is 9.53 Å². The summed E-state index contributed by atoms with van der Waals surface area (Å²) in [5.41, 5.74) is -0.0961. The van der Waals surface area contributed by atoms with Crippen LogP contribution in [0.2, 0.25) is 0 Å². The van der Waals surface area contributed by atoms with Gasteiger partial charge in [0, 0.05) is 5.56 Å². The van der Waals surface area contributed by atoms with E-state index >= 15 is 0 Å². The second-order valence-electron chi connectivity index (χ2n) is 6.87. The first kappa shape index (κ1) is 19.7. The van der Waals surface area contributed by atoms with Crippen LogP contribution in [0.5, 0.6) is 0 Å². The zero-order valence-electron chi connectivity index (χ0n) is 14.9. The Kier molecular flexibility index (Phi) is 6.95. The Morgan fingerprint density at radius 3 is 2.17 bits per heavy atom. The number of amides is 2. The summed E-state index contributed by atoms with van der Waals surface area (Å²) >= 11 is 0. The van der Waals surface area contributed by atoms with Crippen molar-refractivity contribution in [1.29, 1.82) is 0 Å². The van der Waals surface area contributed by atoms with Crippen LogP contribution in [0.3, 0.4) is 0 Å². The van der Waals surface area contributed by atoms with E-state index < -0.39 is 23.6 Å². The summed E-state index contributed by atoms with van der Waals surface area (Å²) in [7, 11) is 0. The average Bonchev–Trinajstić information content (AvgIpc) is 2.49. The van der Waals surface area contributed by atoms with Crippen molar-refractivity contribution in [1.82, 2.24) is 10.6 Å². The number of nitrogens with one attached hydrogen (secondary N) is 2. The van der Waals surface area contributed by atoms with Gasteiger partial charge in [-0.15, -0.1) is 0 Å². The summed E-state index contributed by atoms with van der Waals surface area (Å²) in [5.74, 6) is -0.678. The van der Waals surface area contributed by atoms with E-state index in [1.54, 1.807) is 45.0 Å². The van der Waals surface area contributed by atoms with Crippen LogP contribution in [0.25, 0.3) is 0 Å². The molecule has 1 atom stereocenters. The van der Waals surface area contributed by atoms with Crippen LogP contribution in [-0.4, -0.2) is 36.0 Å².